The molecule has 1 rings (SSSR count). The Morgan fingerprint density at radius 3 is 2.15 bits per heavy atom. The lowest BCUT2D eigenvalue weighted by Crippen LogP contribution is -1.98. The first-order valence-electron chi connectivity index (χ1n) is 3.11. The molecule has 0 bridgehead atoms. The molecule has 0 spiro atoms. The lowest BCUT2D eigenvalue weighted by Gasteiger charge is -2.10. The molecule has 0 unspecified atom stereocenters. The number of benzene rings is 1. The van der Waals surface area contributed by atoms with Gasteiger partial charge in [-0.3, -0.25) is 0 Å². The van der Waals surface area contributed by atoms with E-state index in [1.807, 2.05) is 6.07 Å². The average molecular weight is 296 g/mol. The molecule has 0 amide bonds. The molecule has 1 nitrogen and oxygen atoms in total. The standard InChI is InChI=1S/C6H4Cl4OP2/c7-12(8)6-4-2-1-3-5(6)11-13(9)10/h1-4H. The molecule has 0 atom stereocenters. The van der Waals surface area contributed by atoms with Gasteiger partial charge < -0.3 is 4.52 Å². The maximum Gasteiger partial charge on any atom is 0.284 e. The van der Waals surface area contributed by atoms with Gasteiger partial charge in [0.25, 0.3) is 6.85 Å². The lowest BCUT2D eigenvalue weighted by molar-refractivity contribution is 0.643. The van der Waals surface area contributed by atoms with Crippen LogP contribution in [0.2, 0.25) is 0 Å². The molecular formula is C6H4Cl4OP2. The maximum atomic E-state index is 5.76. The zero-order chi connectivity index (χ0) is 9.84. The third kappa shape index (κ3) is 3.96. The summed E-state index contributed by atoms with van der Waals surface area (Å²) in [6, 6.07) is 7.15. The Morgan fingerprint density at radius 2 is 1.62 bits per heavy atom. The zero-order valence-electron chi connectivity index (χ0n) is 6.12. The van der Waals surface area contributed by atoms with Gasteiger partial charge in [-0.2, -0.15) is 0 Å². The summed E-state index contributed by atoms with van der Waals surface area (Å²) in [5.74, 6) is 0.551. The van der Waals surface area contributed by atoms with E-state index in [0.717, 1.165) is 5.30 Å². The minimum atomic E-state index is -1.48. The molecule has 1 aromatic carbocycles. The summed E-state index contributed by atoms with van der Waals surface area (Å²) < 4.78 is 5.15. The third-order valence-electron chi connectivity index (χ3n) is 1.21. The van der Waals surface area contributed by atoms with Crippen LogP contribution in [0.5, 0.6) is 5.75 Å². The van der Waals surface area contributed by atoms with Crippen LogP contribution in [0.4, 0.5) is 0 Å². The topological polar surface area (TPSA) is 9.23 Å². The smallest absolute Gasteiger partial charge is 0.284 e. The second-order valence-electron chi connectivity index (χ2n) is 1.99. The summed E-state index contributed by atoms with van der Waals surface area (Å²) >= 11 is 22.6. The van der Waals surface area contributed by atoms with Gasteiger partial charge >= 0.3 is 0 Å². The molecule has 0 aliphatic heterocycles. The molecule has 0 saturated carbocycles. The van der Waals surface area contributed by atoms with Gasteiger partial charge in [-0.05, 0) is 34.6 Å². The van der Waals surface area contributed by atoms with Crippen molar-refractivity contribution < 1.29 is 4.52 Å². The molecule has 0 radical (unpaired) electrons. The number of halogens is 4. The van der Waals surface area contributed by atoms with Crippen LogP contribution >= 0.6 is 58.4 Å². The van der Waals surface area contributed by atoms with Crippen LogP contribution in [-0.4, -0.2) is 0 Å². The van der Waals surface area contributed by atoms with E-state index in [4.69, 9.17) is 49.5 Å². The summed E-state index contributed by atoms with van der Waals surface area (Å²) in [5, 5.41) is 0.731. The largest absolute Gasteiger partial charge is 0.444 e. The molecule has 7 heteroatoms. The van der Waals surface area contributed by atoms with Crippen molar-refractivity contribution in [3.63, 3.8) is 0 Å². The van der Waals surface area contributed by atoms with E-state index < -0.39 is 13.5 Å². The fraction of sp³-hybridized carbons (Fsp3) is 0. The molecule has 0 N–H and O–H groups in total. The quantitative estimate of drug-likeness (QED) is 0.698. The minimum absolute atomic E-state index is 0.551. The van der Waals surface area contributed by atoms with Crippen LogP contribution in [0.3, 0.4) is 0 Å². The average Bonchev–Trinajstić information content (AvgIpc) is 2.03. The van der Waals surface area contributed by atoms with Crippen molar-refractivity contribution in [1.82, 2.24) is 0 Å². The van der Waals surface area contributed by atoms with Crippen LogP contribution in [-0.2, 0) is 0 Å². The Hall–Kier alpha value is 1.04. The Kier molecular flexibility index (Phi) is 5.41. The van der Waals surface area contributed by atoms with E-state index in [2.05, 4.69) is 0 Å². The van der Waals surface area contributed by atoms with E-state index in [1.165, 1.54) is 0 Å². The van der Waals surface area contributed by atoms with Gasteiger partial charge in [-0.25, -0.2) is 0 Å². The van der Waals surface area contributed by atoms with Gasteiger partial charge in [0.1, 0.15) is 12.4 Å². The van der Waals surface area contributed by atoms with E-state index in [0.29, 0.717) is 5.75 Å². The van der Waals surface area contributed by atoms with Gasteiger partial charge in [0, 0.05) is 5.30 Å². The van der Waals surface area contributed by atoms with Crippen molar-refractivity contribution in [2.75, 3.05) is 0 Å². The number of para-hydroxylation sites is 1. The number of hydrogen-bond donors (Lipinski definition) is 0. The van der Waals surface area contributed by atoms with Gasteiger partial charge in [-0.1, -0.05) is 34.6 Å². The lowest BCUT2D eigenvalue weighted by atomic mass is 10.3. The monoisotopic (exact) mass is 294 g/mol. The van der Waals surface area contributed by atoms with Gasteiger partial charge in [0.2, 0.25) is 0 Å². The summed E-state index contributed by atoms with van der Waals surface area (Å²) in [7, 11) is 0. The normalized spacial score (nSPS) is 10.9. The van der Waals surface area contributed by atoms with Crippen molar-refractivity contribution in [2.45, 2.75) is 0 Å². The number of rotatable bonds is 3. The third-order valence-corrected chi connectivity index (χ3v) is 3.79. The first-order chi connectivity index (χ1) is 6.11. The molecule has 13 heavy (non-hydrogen) atoms. The second-order valence-corrected chi connectivity index (χ2v) is 8.44. The Labute approximate surface area is 98.0 Å². The highest BCUT2D eigenvalue weighted by Gasteiger charge is 2.13. The Bertz CT molecular complexity index is 281. The van der Waals surface area contributed by atoms with E-state index >= 15 is 0 Å². The number of hydrogen-bond acceptors (Lipinski definition) is 1. The van der Waals surface area contributed by atoms with Crippen molar-refractivity contribution in [2.24, 2.45) is 0 Å². The van der Waals surface area contributed by atoms with E-state index in [1.54, 1.807) is 18.2 Å². The fourth-order valence-corrected chi connectivity index (χ4v) is 2.90. The van der Waals surface area contributed by atoms with Crippen molar-refractivity contribution >= 4 is 63.7 Å². The molecule has 0 heterocycles. The van der Waals surface area contributed by atoms with Crippen LogP contribution in [0.25, 0.3) is 0 Å². The van der Waals surface area contributed by atoms with Crippen molar-refractivity contribution in [3.8, 4) is 5.75 Å². The highest BCUT2D eigenvalue weighted by molar-refractivity contribution is 8.09. The fourth-order valence-electron chi connectivity index (χ4n) is 0.748. The van der Waals surface area contributed by atoms with E-state index in [9.17, 15) is 0 Å². The summed E-state index contributed by atoms with van der Waals surface area (Å²) in [6.07, 6.45) is 0. The Morgan fingerprint density at radius 1 is 1.00 bits per heavy atom. The van der Waals surface area contributed by atoms with Crippen LogP contribution in [0.1, 0.15) is 0 Å². The summed E-state index contributed by atoms with van der Waals surface area (Å²) in [6.45, 7) is -2.71. The molecule has 0 fully saturated rings. The van der Waals surface area contributed by atoms with Gasteiger partial charge in [0.05, 0.1) is 0 Å². The maximum absolute atomic E-state index is 5.76. The predicted molar refractivity (Wildman–Crippen MR) is 64.0 cm³/mol. The molecule has 0 aliphatic carbocycles. The molecule has 0 aliphatic rings. The van der Waals surface area contributed by atoms with Crippen LogP contribution in [0.15, 0.2) is 24.3 Å². The Balaban J connectivity index is 2.91. The van der Waals surface area contributed by atoms with Gasteiger partial charge in [0.15, 0.2) is 0 Å². The second kappa shape index (κ2) is 5.81. The molecule has 0 aromatic heterocycles. The van der Waals surface area contributed by atoms with E-state index in [-0.39, 0.29) is 0 Å². The summed E-state index contributed by atoms with van der Waals surface area (Å²) in [4.78, 5) is 0. The summed E-state index contributed by atoms with van der Waals surface area (Å²) in [5.41, 5.74) is 0. The molecule has 0 saturated heterocycles. The predicted octanol–water partition coefficient (Wildman–Crippen LogP) is 5.18. The molecular weight excluding hydrogens is 292 g/mol. The highest BCUT2D eigenvalue weighted by atomic mass is 35.9. The van der Waals surface area contributed by atoms with Crippen LogP contribution < -0.4 is 9.83 Å². The first-order valence-corrected chi connectivity index (χ1v) is 9.34. The van der Waals surface area contributed by atoms with Crippen molar-refractivity contribution in [3.05, 3.63) is 24.3 Å². The zero-order valence-corrected chi connectivity index (χ0v) is 10.9. The first kappa shape index (κ1) is 12.1. The van der Waals surface area contributed by atoms with Crippen LogP contribution in [0, 0.1) is 0 Å². The minimum Gasteiger partial charge on any atom is -0.444 e. The molecule has 1 aromatic rings. The SMILES string of the molecule is ClP(Cl)Oc1ccccc1P(Cl)Cl. The van der Waals surface area contributed by atoms with Gasteiger partial charge in [-0.15, -0.1) is 0 Å². The highest BCUT2D eigenvalue weighted by Crippen LogP contribution is 2.52. The molecule has 72 valence electrons. The van der Waals surface area contributed by atoms with Crippen molar-refractivity contribution in [1.29, 1.82) is 0 Å².